The number of rotatable bonds is 4. The van der Waals surface area contributed by atoms with Crippen LogP contribution in [-0.4, -0.2) is 43.9 Å². The summed E-state index contributed by atoms with van der Waals surface area (Å²) in [4.78, 5) is 18.4. The number of hydrogen-bond donors (Lipinski definition) is 1. The van der Waals surface area contributed by atoms with E-state index < -0.39 is 9.84 Å². The number of carbonyl (C=O) groups excluding carboxylic acids is 1. The van der Waals surface area contributed by atoms with Crippen LogP contribution >= 0.6 is 0 Å². The third-order valence-corrected chi connectivity index (χ3v) is 5.58. The molecular formula is C19H18N4O4S. The number of nitrogens with one attached hydrogen (secondary N) is 1. The van der Waals surface area contributed by atoms with Crippen LogP contribution in [0.2, 0.25) is 0 Å². The first kappa shape index (κ1) is 18.2. The van der Waals surface area contributed by atoms with E-state index in [1.807, 2.05) is 24.3 Å². The van der Waals surface area contributed by atoms with E-state index in [0.717, 1.165) is 18.4 Å². The average Bonchev–Trinajstić information content (AvgIpc) is 3.18. The van der Waals surface area contributed by atoms with Crippen LogP contribution in [-0.2, 0) is 9.84 Å². The largest absolute Gasteiger partial charge is 0.338 e. The highest BCUT2D eigenvalue weighted by atomic mass is 32.2. The van der Waals surface area contributed by atoms with E-state index in [9.17, 15) is 13.2 Å². The first-order valence-electron chi connectivity index (χ1n) is 8.72. The van der Waals surface area contributed by atoms with E-state index in [-0.39, 0.29) is 10.9 Å². The Bertz CT molecular complexity index is 1120. The summed E-state index contributed by atoms with van der Waals surface area (Å²) in [5.41, 5.74) is 2.10. The van der Waals surface area contributed by atoms with Crippen LogP contribution < -0.4 is 10.2 Å². The number of urea groups is 1. The van der Waals surface area contributed by atoms with Crippen molar-refractivity contribution >= 4 is 21.6 Å². The summed E-state index contributed by atoms with van der Waals surface area (Å²) < 4.78 is 28.5. The number of aromatic nitrogens is 2. The zero-order valence-corrected chi connectivity index (χ0v) is 15.9. The van der Waals surface area contributed by atoms with Crippen molar-refractivity contribution in [2.45, 2.75) is 11.3 Å². The van der Waals surface area contributed by atoms with Crippen molar-refractivity contribution in [2.75, 3.05) is 24.2 Å². The Hall–Kier alpha value is -3.20. The summed E-state index contributed by atoms with van der Waals surface area (Å²) in [6.07, 6.45) is 2.04. The molecule has 0 bridgehead atoms. The van der Waals surface area contributed by atoms with Gasteiger partial charge < -0.3 is 9.84 Å². The van der Waals surface area contributed by atoms with E-state index >= 15 is 0 Å². The fourth-order valence-electron chi connectivity index (χ4n) is 2.99. The summed E-state index contributed by atoms with van der Waals surface area (Å²) in [7, 11) is -3.26. The minimum absolute atomic E-state index is 0.124. The van der Waals surface area contributed by atoms with Crippen LogP contribution in [0.4, 0.5) is 10.5 Å². The molecule has 1 aromatic heterocycles. The second-order valence-electron chi connectivity index (χ2n) is 6.51. The van der Waals surface area contributed by atoms with Gasteiger partial charge in [-0.25, -0.2) is 13.2 Å². The highest BCUT2D eigenvalue weighted by Gasteiger charge is 2.20. The fraction of sp³-hybridized carbons (Fsp3) is 0.211. The molecule has 1 aliphatic heterocycles. The van der Waals surface area contributed by atoms with E-state index in [1.165, 1.54) is 12.1 Å². The minimum Gasteiger partial charge on any atom is -0.338 e. The Morgan fingerprint density at radius 2 is 1.89 bits per heavy atom. The SMILES string of the molecule is CS(=O)(=O)c1ccc(-c2noc(-c3cccc(N4CCCNC4=O)c3)n2)cc1. The van der Waals surface area contributed by atoms with E-state index in [0.29, 0.717) is 35.9 Å². The van der Waals surface area contributed by atoms with Crippen LogP contribution in [0.3, 0.4) is 0 Å². The van der Waals surface area contributed by atoms with Crippen molar-refractivity contribution < 1.29 is 17.7 Å². The lowest BCUT2D eigenvalue weighted by atomic mass is 10.1. The molecular weight excluding hydrogens is 380 g/mol. The molecule has 2 aromatic carbocycles. The van der Waals surface area contributed by atoms with Crippen molar-refractivity contribution in [1.29, 1.82) is 0 Å². The van der Waals surface area contributed by atoms with Crippen molar-refractivity contribution in [3.8, 4) is 22.8 Å². The second-order valence-corrected chi connectivity index (χ2v) is 8.52. The van der Waals surface area contributed by atoms with Gasteiger partial charge in [0.05, 0.1) is 4.90 Å². The molecule has 0 atom stereocenters. The number of hydrogen-bond acceptors (Lipinski definition) is 6. The Morgan fingerprint density at radius 3 is 2.61 bits per heavy atom. The van der Waals surface area contributed by atoms with Gasteiger partial charge in [0, 0.05) is 36.2 Å². The number of nitrogens with zero attached hydrogens (tertiary/aromatic N) is 3. The highest BCUT2D eigenvalue weighted by Crippen LogP contribution is 2.27. The molecule has 0 aliphatic carbocycles. The maximum Gasteiger partial charge on any atom is 0.321 e. The summed E-state index contributed by atoms with van der Waals surface area (Å²) in [6.45, 7) is 1.33. The fourth-order valence-corrected chi connectivity index (χ4v) is 3.62. The Kier molecular flexibility index (Phi) is 4.60. The summed E-state index contributed by atoms with van der Waals surface area (Å²) in [5.74, 6) is 0.678. The van der Waals surface area contributed by atoms with E-state index in [1.54, 1.807) is 17.0 Å². The Morgan fingerprint density at radius 1 is 1.11 bits per heavy atom. The van der Waals surface area contributed by atoms with Gasteiger partial charge in [-0.2, -0.15) is 4.98 Å². The summed E-state index contributed by atoms with van der Waals surface area (Å²) >= 11 is 0. The van der Waals surface area contributed by atoms with Crippen LogP contribution in [0.15, 0.2) is 57.9 Å². The molecule has 0 spiro atoms. The quantitative estimate of drug-likeness (QED) is 0.724. The number of anilines is 1. The van der Waals surface area contributed by atoms with Gasteiger partial charge in [0.15, 0.2) is 9.84 Å². The van der Waals surface area contributed by atoms with Crippen molar-refractivity contribution in [1.82, 2.24) is 15.5 Å². The Labute approximate surface area is 162 Å². The van der Waals surface area contributed by atoms with Gasteiger partial charge in [0.2, 0.25) is 5.82 Å². The number of sulfone groups is 1. The molecule has 1 aliphatic rings. The van der Waals surface area contributed by atoms with Gasteiger partial charge in [-0.05, 0) is 48.9 Å². The topological polar surface area (TPSA) is 105 Å². The standard InChI is InChI=1S/C19H18N4O4S/c1-28(25,26)16-8-6-13(7-9-16)17-21-18(27-22-17)14-4-2-5-15(12-14)23-11-3-10-20-19(23)24/h2,4-9,12H,3,10-11H2,1H3,(H,20,24). The van der Waals surface area contributed by atoms with Crippen molar-refractivity contribution in [3.05, 3.63) is 48.5 Å². The molecule has 9 heteroatoms. The molecule has 4 rings (SSSR count). The van der Waals surface area contributed by atoms with E-state index in [2.05, 4.69) is 15.5 Å². The van der Waals surface area contributed by atoms with Crippen LogP contribution in [0.5, 0.6) is 0 Å². The maximum atomic E-state index is 12.1. The molecule has 8 nitrogen and oxygen atoms in total. The zero-order valence-electron chi connectivity index (χ0n) is 15.1. The molecule has 0 radical (unpaired) electrons. The van der Waals surface area contributed by atoms with Crippen LogP contribution in [0, 0.1) is 0 Å². The van der Waals surface area contributed by atoms with Crippen LogP contribution in [0.25, 0.3) is 22.8 Å². The molecule has 1 fully saturated rings. The molecule has 144 valence electrons. The lowest BCUT2D eigenvalue weighted by Gasteiger charge is -2.27. The average molecular weight is 398 g/mol. The third kappa shape index (κ3) is 3.61. The van der Waals surface area contributed by atoms with E-state index in [4.69, 9.17) is 4.52 Å². The second kappa shape index (κ2) is 7.08. The van der Waals surface area contributed by atoms with Crippen molar-refractivity contribution in [2.24, 2.45) is 0 Å². The number of benzene rings is 2. The lowest BCUT2D eigenvalue weighted by molar-refractivity contribution is 0.243. The summed E-state index contributed by atoms with van der Waals surface area (Å²) in [5, 5.41) is 6.81. The Balaban J connectivity index is 1.61. The highest BCUT2D eigenvalue weighted by molar-refractivity contribution is 7.90. The van der Waals surface area contributed by atoms with Crippen LogP contribution in [0.1, 0.15) is 6.42 Å². The first-order valence-corrected chi connectivity index (χ1v) is 10.6. The predicted molar refractivity (Wildman–Crippen MR) is 104 cm³/mol. The minimum atomic E-state index is -3.26. The number of carbonyl (C=O) groups is 1. The third-order valence-electron chi connectivity index (χ3n) is 4.45. The molecule has 2 heterocycles. The van der Waals surface area contributed by atoms with Gasteiger partial charge in [-0.1, -0.05) is 11.2 Å². The molecule has 2 amide bonds. The molecule has 1 saturated heterocycles. The number of amides is 2. The monoisotopic (exact) mass is 398 g/mol. The molecule has 1 N–H and O–H groups in total. The summed E-state index contributed by atoms with van der Waals surface area (Å²) in [6, 6.07) is 13.5. The zero-order chi connectivity index (χ0) is 19.7. The molecule has 0 unspecified atom stereocenters. The van der Waals surface area contributed by atoms with Gasteiger partial charge in [0.1, 0.15) is 0 Å². The predicted octanol–water partition coefficient (Wildman–Crippen LogP) is 2.73. The smallest absolute Gasteiger partial charge is 0.321 e. The van der Waals surface area contributed by atoms with Gasteiger partial charge >= 0.3 is 6.03 Å². The van der Waals surface area contributed by atoms with Gasteiger partial charge in [-0.15, -0.1) is 0 Å². The molecule has 0 saturated carbocycles. The van der Waals surface area contributed by atoms with Crippen molar-refractivity contribution in [3.63, 3.8) is 0 Å². The first-order chi connectivity index (χ1) is 13.4. The van der Waals surface area contributed by atoms with Gasteiger partial charge in [-0.3, -0.25) is 4.90 Å². The maximum absolute atomic E-state index is 12.1. The van der Waals surface area contributed by atoms with Gasteiger partial charge in [0.25, 0.3) is 5.89 Å². The molecule has 3 aromatic rings. The molecule has 28 heavy (non-hydrogen) atoms. The normalized spacial score (nSPS) is 14.8. The lowest BCUT2D eigenvalue weighted by Crippen LogP contribution is -2.46.